The van der Waals surface area contributed by atoms with Crippen molar-refractivity contribution in [2.75, 3.05) is 0 Å². The van der Waals surface area contributed by atoms with Gasteiger partial charge in [-0.25, -0.2) is 0 Å². The van der Waals surface area contributed by atoms with Crippen molar-refractivity contribution in [1.29, 1.82) is 0 Å². The number of phenolic OH excluding ortho intramolecular Hbond substituents is 1. The van der Waals surface area contributed by atoms with Gasteiger partial charge in [-0.3, -0.25) is 0 Å². The average Bonchev–Trinajstić information content (AvgIpc) is 2.27. The first-order valence-electron chi connectivity index (χ1n) is 5.29. The van der Waals surface area contributed by atoms with Gasteiger partial charge in [0.25, 0.3) is 0 Å². The summed E-state index contributed by atoms with van der Waals surface area (Å²) >= 11 is 0. The highest BCUT2D eigenvalue weighted by Crippen LogP contribution is 2.37. The molecule has 1 aromatic rings. The Labute approximate surface area is 115 Å². The molecular weight excluding hydrogens is 283 g/mol. The quantitative estimate of drug-likeness (QED) is 0.815. The molecule has 7 heteroatoms. The van der Waals surface area contributed by atoms with E-state index in [4.69, 9.17) is 5.73 Å². The Kier molecular flexibility index (Phi) is 6.72. The second-order valence-electron chi connectivity index (χ2n) is 3.71. The number of alkyl halides is 3. The number of ether oxygens (including phenoxy) is 1. The molecule has 0 heterocycles. The second kappa shape index (κ2) is 7.25. The molecular formula is C12H15ClF3NO2. The summed E-state index contributed by atoms with van der Waals surface area (Å²) < 4.78 is 39.9. The molecule has 19 heavy (non-hydrogen) atoms. The van der Waals surface area contributed by atoms with Crippen LogP contribution in [0.2, 0.25) is 0 Å². The van der Waals surface area contributed by atoms with Crippen molar-refractivity contribution in [3.63, 3.8) is 0 Å². The van der Waals surface area contributed by atoms with Crippen LogP contribution in [0.1, 0.15) is 24.4 Å². The van der Waals surface area contributed by atoms with Crippen LogP contribution in [-0.4, -0.2) is 11.5 Å². The van der Waals surface area contributed by atoms with Gasteiger partial charge < -0.3 is 15.6 Å². The van der Waals surface area contributed by atoms with E-state index in [1.807, 2.05) is 0 Å². The van der Waals surface area contributed by atoms with Crippen molar-refractivity contribution in [3.8, 4) is 11.5 Å². The summed E-state index contributed by atoms with van der Waals surface area (Å²) in [7, 11) is 0. The first-order chi connectivity index (χ1) is 8.35. The summed E-state index contributed by atoms with van der Waals surface area (Å²) in [6.07, 6.45) is -2.12. The lowest BCUT2D eigenvalue weighted by Crippen LogP contribution is -2.18. The maximum absolute atomic E-state index is 12.1. The lowest BCUT2D eigenvalue weighted by molar-refractivity contribution is -0.275. The Balaban J connectivity index is 0.00000324. The van der Waals surface area contributed by atoms with E-state index in [-0.39, 0.29) is 18.0 Å². The van der Waals surface area contributed by atoms with Crippen LogP contribution in [0.25, 0.3) is 0 Å². The predicted octanol–water partition coefficient (Wildman–Crippen LogP) is 3.68. The molecule has 0 bridgehead atoms. The van der Waals surface area contributed by atoms with Crippen LogP contribution in [0.4, 0.5) is 13.2 Å². The van der Waals surface area contributed by atoms with Crippen LogP contribution >= 0.6 is 12.4 Å². The number of benzene rings is 1. The summed E-state index contributed by atoms with van der Waals surface area (Å²) in [6.45, 7) is 3.52. The van der Waals surface area contributed by atoms with E-state index in [0.717, 1.165) is 6.07 Å². The molecule has 0 spiro atoms. The third kappa shape index (κ3) is 5.40. The third-order valence-corrected chi connectivity index (χ3v) is 2.34. The zero-order valence-corrected chi connectivity index (χ0v) is 10.8. The monoisotopic (exact) mass is 297 g/mol. The third-order valence-electron chi connectivity index (χ3n) is 2.34. The number of rotatable bonds is 5. The zero-order chi connectivity index (χ0) is 13.8. The van der Waals surface area contributed by atoms with Crippen molar-refractivity contribution in [2.24, 2.45) is 5.73 Å². The molecule has 0 saturated carbocycles. The molecule has 0 aliphatic carbocycles. The molecule has 3 nitrogen and oxygen atoms in total. The van der Waals surface area contributed by atoms with E-state index in [1.165, 1.54) is 12.1 Å². The fourth-order valence-corrected chi connectivity index (χ4v) is 1.50. The van der Waals surface area contributed by atoms with Gasteiger partial charge in [-0.05, 0) is 18.9 Å². The van der Waals surface area contributed by atoms with E-state index in [2.05, 4.69) is 11.3 Å². The molecule has 0 aliphatic rings. The van der Waals surface area contributed by atoms with Gasteiger partial charge in [-0.15, -0.1) is 32.2 Å². The van der Waals surface area contributed by atoms with E-state index in [9.17, 15) is 18.3 Å². The predicted molar refractivity (Wildman–Crippen MR) is 68.4 cm³/mol. The summed E-state index contributed by atoms with van der Waals surface area (Å²) in [5.74, 6) is -1.22. The lowest BCUT2D eigenvalue weighted by Gasteiger charge is -2.16. The maximum atomic E-state index is 12.1. The highest BCUT2D eigenvalue weighted by molar-refractivity contribution is 5.85. The number of hydrogen-bond donors (Lipinski definition) is 2. The van der Waals surface area contributed by atoms with Gasteiger partial charge in [0.15, 0.2) is 11.5 Å². The van der Waals surface area contributed by atoms with Gasteiger partial charge in [0.05, 0.1) is 0 Å². The molecule has 1 rings (SSSR count). The van der Waals surface area contributed by atoms with Crippen LogP contribution in [0, 0.1) is 0 Å². The molecule has 0 fully saturated rings. The largest absolute Gasteiger partial charge is 0.573 e. The van der Waals surface area contributed by atoms with Gasteiger partial charge in [-0.2, -0.15) is 0 Å². The Morgan fingerprint density at radius 2 is 2.05 bits per heavy atom. The fourth-order valence-electron chi connectivity index (χ4n) is 1.50. The summed E-state index contributed by atoms with van der Waals surface area (Å²) in [6, 6.07) is 3.28. The van der Waals surface area contributed by atoms with Crippen molar-refractivity contribution in [2.45, 2.75) is 25.2 Å². The number of halogens is 4. The number of phenols is 1. The Morgan fingerprint density at radius 3 is 2.58 bits per heavy atom. The zero-order valence-electron chi connectivity index (χ0n) is 9.98. The SMILES string of the molecule is C=CCC[C@H](N)c1cccc(OC(F)(F)F)c1O.Cl. The molecule has 108 valence electrons. The molecule has 1 atom stereocenters. The number of hydrogen-bond acceptors (Lipinski definition) is 3. The van der Waals surface area contributed by atoms with Crippen molar-refractivity contribution in [1.82, 2.24) is 0 Å². The smallest absolute Gasteiger partial charge is 0.504 e. The molecule has 0 saturated heterocycles. The van der Waals surface area contributed by atoms with Crippen molar-refractivity contribution >= 4 is 12.4 Å². The van der Waals surface area contributed by atoms with Crippen LogP contribution in [-0.2, 0) is 0 Å². The van der Waals surface area contributed by atoms with Gasteiger partial charge in [0, 0.05) is 11.6 Å². The Hall–Kier alpha value is -1.40. The van der Waals surface area contributed by atoms with Gasteiger partial charge in [0.1, 0.15) is 0 Å². The van der Waals surface area contributed by atoms with Crippen LogP contribution in [0.5, 0.6) is 11.5 Å². The summed E-state index contributed by atoms with van der Waals surface area (Å²) in [5.41, 5.74) is 5.99. The summed E-state index contributed by atoms with van der Waals surface area (Å²) in [5, 5.41) is 9.69. The molecule has 1 aromatic carbocycles. The Morgan fingerprint density at radius 1 is 1.42 bits per heavy atom. The molecule has 0 radical (unpaired) electrons. The summed E-state index contributed by atoms with van der Waals surface area (Å²) in [4.78, 5) is 0. The maximum Gasteiger partial charge on any atom is 0.573 e. The highest BCUT2D eigenvalue weighted by atomic mass is 35.5. The minimum absolute atomic E-state index is 0. The van der Waals surface area contributed by atoms with Crippen molar-refractivity contribution in [3.05, 3.63) is 36.4 Å². The number of nitrogens with two attached hydrogens (primary N) is 1. The molecule has 3 N–H and O–H groups in total. The van der Waals surface area contributed by atoms with Crippen molar-refractivity contribution < 1.29 is 23.0 Å². The second-order valence-corrected chi connectivity index (χ2v) is 3.71. The average molecular weight is 298 g/mol. The van der Waals surface area contributed by atoms with Gasteiger partial charge >= 0.3 is 6.36 Å². The fraction of sp³-hybridized carbons (Fsp3) is 0.333. The lowest BCUT2D eigenvalue weighted by atomic mass is 10.0. The molecule has 0 unspecified atom stereocenters. The minimum Gasteiger partial charge on any atom is -0.504 e. The van der Waals surface area contributed by atoms with Crippen LogP contribution in [0.3, 0.4) is 0 Å². The highest BCUT2D eigenvalue weighted by Gasteiger charge is 2.32. The number of aromatic hydroxyl groups is 1. The molecule has 0 amide bonds. The standard InChI is InChI=1S/C12H14F3NO2.ClH/c1-2-3-6-9(16)8-5-4-7-10(11(8)17)18-12(13,14)15;/h2,4-5,7,9,17H,1,3,6,16H2;1H/t9-;/m0./s1. The topological polar surface area (TPSA) is 55.5 Å². The van der Waals surface area contributed by atoms with Gasteiger partial charge in [0.2, 0.25) is 0 Å². The van der Waals surface area contributed by atoms with E-state index in [1.54, 1.807) is 6.08 Å². The first kappa shape index (κ1) is 17.6. The molecule has 0 aliphatic heterocycles. The van der Waals surface area contributed by atoms with Crippen LogP contribution < -0.4 is 10.5 Å². The van der Waals surface area contributed by atoms with E-state index >= 15 is 0 Å². The normalized spacial score (nSPS) is 12.4. The minimum atomic E-state index is -4.85. The first-order valence-corrected chi connectivity index (χ1v) is 5.29. The Bertz CT molecular complexity index is 424. The molecule has 0 aromatic heterocycles. The van der Waals surface area contributed by atoms with E-state index in [0.29, 0.717) is 12.8 Å². The number of allylic oxidation sites excluding steroid dienone is 1. The van der Waals surface area contributed by atoms with Gasteiger partial charge in [-0.1, -0.05) is 18.2 Å². The van der Waals surface area contributed by atoms with E-state index < -0.39 is 23.9 Å². The number of para-hydroxylation sites is 1. The van der Waals surface area contributed by atoms with Crippen LogP contribution in [0.15, 0.2) is 30.9 Å².